The van der Waals surface area contributed by atoms with Crippen LogP contribution in [0, 0.1) is 5.92 Å². The lowest BCUT2D eigenvalue weighted by Gasteiger charge is -2.07. The minimum absolute atomic E-state index is 0.573. The molecule has 0 radical (unpaired) electrons. The molecule has 3 heteroatoms. The summed E-state index contributed by atoms with van der Waals surface area (Å²) in [6.45, 7) is 10.9. The van der Waals surface area contributed by atoms with Crippen molar-refractivity contribution in [2.24, 2.45) is 5.92 Å². The van der Waals surface area contributed by atoms with E-state index in [1.54, 1.807) is 12.3 Å². The van der Waals surface area contributed by atoms with Gasteiger partial charge in [-0.15, -0.1) is 6.58 Å². The first kappa shape index (κ1) is 13.0. The van der Waals surface area contributed by atoms with Gasteiger partial charge in [0.05, 0.1) is 26.0 Å². The zero-order valence-corrected chi connectivity index (χ0v) is 10.2. The van der Waals surface area contributed by atoms with Crippen LogP contribution in [0.3, 0.4) is 0 Å². The maximum atomic E-state index is 5.41. The van der Waals surface area contributed by atoms with Gasteiger partial charge in [-0.2, -0.15) is 0 Å². The molecule has 0 atom stereocenters. The Morgan fingerprint density at radius 1 is 1.56 bits per heavy atom. The molecule has 1 N–H and O–H groups in total. The molecular formula is C13H21NO2. The Labute approximate surface area is 97.5 Å². The topological polar surface area (TPSA) is 34.4 Å². The van der Waals surface area contributed by atoms with Gasteiger partial charge in [0.1, 0.15) is 5.76 Å². The molecule has 90 valence electrons. The molecule has 0 aliphatic carbocycles. The summed E-state index contributed by atoms with van der Waals surface area (Å²) in [5, 5.41) is 3.35. The molecule has 0 unspecified atom stereocenters. The Morgan fingerprint density at radius 2 is 2.38 bits per heavy atom. The summed E-state index contributed by atoms with van der Waals surface area (Å²) in [5.41, 5.74) is 1.11. The molecule has 16 heavy (non-hydrogen) atoms. The summed E-state index contributed by atoms with van der Waals surface area (Å²) in [7, 11) is 0. The van der Waals surface area contributed by atoms with Crippen molar-refractivity contribution < 1.29 is 9.15 Å². The maximum Gasteiger partial charge on any atom is 0.123 e. The van der Waals surface area contributed by atoms with E-state index in [1.165, 1.54) is 0 Å². The number of nitrogens with one attached hydrogen (secondary N) is 1. The second-order valence-electron chi connectivity index (χ2n) is 4.20. The number of furan rings is 1. The van der Waals surface area contributed by atoms with Crippen molar-refractivity contribution in [3.63, 3.8) is 0 Å². The summed E-state index contributed by atoms with van der Waals surface area (Å²) in [6.07, 6.45) is 3.45. The van der Waals surface area contributed by atoms with Gasteiger partial charge in [-0.05, 0) is 18.5 Å². The van der Waals surface area contributed by atoms with Crippen LogP contribution in [0.5, 0.6) is 0 Å². The van der Waals surface area contributed by atoms with E-state index >= 15 is 0 Å². The van der Waals surface area contributed by atoms with Crippen LogP contribution in [0.4, 0.5) is 0 Å². The fourth-order valence-electron chi connectivity index (χ4n) is 1.38. The van der Waals surface area contributed by atoms with Crippen molar-refractivity contribution in [2.45, 2.75) is 27.0 Å². The third-order valence-electron chi connectivity index (χ3n) is 2.17. The zero-order valence-electron chi connectivity index (χ0n) is 10.2. The molecule has 0 aliphatic heterocycles. The van der Waals surface area contributed by atoms with Gasteiger partial charge in [0.15, 0.2) is 0 Å². The van der Waals surface area contributed by atoms with E-state index in [0.29, 0.717) is 19.1 Å². The molecule has 1 aromatic rings. The Kier molecular flexibility index (Phi) is 5.90. The van der Waals surface area contributed by atoms with Crippen LogP contribution in [0.1, 0.15) is 25.2 Å². The molecule has 0 saturated carbocycles. The third kappa shape index (κ3) is 4.64. The second-order valence-corrected chi connectivity index (χ2v) is 4.20. The minimum Gasteiger partial charge on any atom is -0.468 e. The highest BCUT2D eigenvalue weighted by atomic mass is 16.5. The SMILES string of the molecule is C=CCOCc1ccoc1CNCC(C)C. The number of ether oxygens (including phenoxy) is 1. The van der Waals surface area contributed by atoms with Crippen molar-refractivity contribution in [1.29, 1.82) is 0 Å². The van der Waals surface area contributed by atoms with Gasteiger partial charge in [-0.3, -0.25) is 0 Å². The van der Waals surface area contributed by atoms with Gasteiger partial charge in [0.25, 0.3) is 0 Å². The van der Waals surface area contributed by atoms with E-state index in [2.05, 4.69) is 25.7 Å². The average Bonchev–Trinajstić information content (AvgIpc) is 2.66. The predicted octanol–water partition coefficient (Wildman–Crippen LogP) is 2.73. The van der Waals surface area contributed by atoms with Crippen LogP contribution in [0.2, 0.25) is 0 Å². The Morgan fingerprint density at radius 3 is 3.06 bits per heavy atom. The standard InChI is InChI=1S/C13H21NO2/c1-4-6-15-10-12-5-7-16-13(12)9-14-8-11(2)3/h4-5,7,11,14H,1,6,8-10H2,2-3H3. The maximum absolute atomic E-state index is 5.41. The molecule has 3 nitrogen and oxygen atoms in total. The number of rotatable bonds is 8. The Hall–Kier alpha value is -1.06. The molecular weight excluding hydrogens is 202 g/mol. The number of hydrogen-bond donors (Lipinski definition) is 1. The lowest BCUT2D eigenvalue weighted by molar-refractivity contribution is 0.147. The Bertz CT molecular complexity index is 305. The molecule has 0 fully saturated rings. The highest BCUT2D eigenvalue weighted by Crippen LogP contribution is 2.11. The third-order valence-corrected chi connectivity index (χ3v) is 2.17. The van der Waals surface area contributed by atoms with Crippen LogP contribution in [0.15, 0.2) is 29.4 Å². The summed E-state index contributed by atoms with van der Waals surface area (Å²) >= 11 is 0. The van der Waals surface area contributed by atoms with Crippen molar-refractivity contribution in [2.75, 3.05) is 13.2 Å². The molecule has 0 aliphatic rings. The normalized spacial score (nSPS) is 10.9. The van der Waals surface area contributed by atoms with Crippen LogP contribution < -0.4 is 5.32 Å². The fourth-order valence-corrected chi connectivity index (χ4v) is 1.38. The molecule has 1 heterocycles. The van der Waals surface area contributed by atoms with Crippen LogP contribution in [-0.4, -0.2) is 13.2 Å². The summed E-state index contributed by atoms with van der Waals surface area (Å²) < 4.78 is 10.8. The van der Waals surface area contributed by atoms with Crippen LogP contribution >= 0.6 is 0 Å². The lowest BCUT2D eigenvalue weighted by atomic mass is 10.2. The van der Waals surface area contributed by atoms with E-state index in [-0.39, 0.29) is 0 Å². The van der Waals surface area contributed by atoms with Gasteiger partial charge < -0.3 is 14.5 Å². The van der Waals surface area contributed by atoms with E-state index < -0.39 is 0 Å². The highest BCUT2D eigenvalue weighted by molar-refractivity contribution is 5.15. The molecule has 1 rings (SSSR count). The summed E-state index contributed by atoms with van der Waals surface area (Å²) in [5.74, 6) is 1.61. The molecule has 0 spiro atoms. The smallest absolute Gasteiger partial charge is 0.123 e. The van der Waals surface area contributed by atoms with Gasteiger partial charge in [0, 0.05) is 5.56 Å². The number of hydrogen-bond acceptors (Lipinski definition) is 3. The molecule has 0 aromatic carbocycles. The monoisotopic (exact) mass is 223 g/mol. The highest BCUT2D eigenvalue weighted by Gasteiger charge is 2.05. The van der Waals surface area contributed by atoms with Gasteiger partial charge in [0.2, 0.25) is 0 Å². The summed E-state index contributed by atoms with van der Waals surface area (Å²) in [4.78, 5) is 0. The second kappa shape index (κ2) is 7.25. The first-order chi connectivity index (χ1) is 7.74. The van der Waals surface area contributed by atoms with E-state index in [0.717, 1.165) is 24.4 Å². The van der Waals surface area contributed by atoms with Gasteiger partial charge >= 0.3 is 0 Å². The first-order valence-electron chi connectivity index (χ1n) is 5.68. The van der Waals surface area contributed by atoms with Gasteiger partial charge in [-0.25, -0.2) is 0 Å². The van der Waals surface area contributed by atoms with E-state index in [1.807, 2.05) is 6.07 Å². The first-order valence-corrected chi connectivity index (χ1v) is 5.68. The molecule has 1 aromatic heterocycles. The quantitative estimate of drug-likeness (QED) is 0.543. The van der Waals surface area contributed by atoms with Crippen molar-refractivity contribution in [1.82, 2.24) is 5.32 Å². The Balaban J connectivity index is 2.34. The lowest BCUT2D eigenvalue weighted by Crippen LogP contribution is -2.19. The van der Waals surface area contributed by atoms with E-state index in [9.17, 15) is 0 Å². The van der Waals surface area contributed by atoms with Crippen molar-refractivity contribution in [3.8, 4) is 0 Å². The van der Waals surface area contributed by atoms with Crippen molar-refractivity contribution in [3.05, 3.63) is 36.3 Å². The minimum atomic E-state index is 0.573. The van der Waals surface area contributed by atoms with Crippen LogP contribution in [0.25, 0.3) is 0 Å². The molecule has 0 bridgehead atoms. The van der Waals surface area contributed by atoms with E-state index in [4.69, 9.17) is 9.15 Å². The molecule has 0 amide bonds. The largest absolute Gasteiger partial charge is 0.468 e. The predicted molar refractivity (Wildman–Crippen MR) is 65.1 cm³/mol. The van der Waals surface area contributed by atoms with Gasteiger partial charge in [-0.1, -0.05) is 19.9 Å². The fraction of sp³-hybridized carbons (Fsp3) is 0.538. The zero-order chi connectivity index (χ0) is 11.8. The van der Waals surface area contributed by atoms with Crippen molar-refractivity contribution >= 4 is 0 Å². The summed E-state index contributed by atoms with van der Waals surface area (Å²) in [6, 6.07) is 1.95. The average molecular weight is 223 g/mol. The molecule has 0 saturated heterocycles. The van der Waals surface area contributed by atoms with Crippen LogP contribution in [-0.2, 0) is 17.9 Å².